The van der Waals surface area contributed by atoms with Crippen molar-refractivity contribution in [1.82, 2.24) is 25.2 Å². The predicted molar refractivity (Wildman–Crippen MR) is 83.5 cm³/mol. The van der Waals surface area contributed by atoms with Gasteiger partial charge >= 0.3 is 6.03 Å². The van der Waals surface area contributed by atoms with Gasteiger partial charge in [-0.1, -0.05) is 35.5 Å². The molecule has 0 aliphatic heterocycles. The summed E-state index contributed by atoms with van der Waals surface area (Å²) in [5.74, 6) is 1.62. The van der Waals surface area contributed by atoms with E-state index < -0.39 is 0 Å². The van der Waals surface area contributed by atoms with Crippen LogP contribution in [-0.4, -0.2) is 26.0 Å². The summed E-state index contributed by atoms with van der Waals surface area (Å²) in [4.78, 5) is 11.9. The number of aromatic nitrogens is 4. The maximum atomic E-state index is 11.9. The molecular formula is C15H16N6O2. The van der Waals surface area contributed by atoms with Crippen LogP contribution in [0.1, 0.15) is 12.7 Å². The van der Waals surface area contributed by atoms with Crippen molar-refractivity contribution in [3.05, 3.63) is 48.5 Å². The van der Waals surface area contributed by atoms with Crippen LogP contribution in [0.25, 0.3) is 11.3 Å². The number of rotatable bonds is 5. The molecule has 8 nitrogen and oxygen atoms in total. The summed E-state index contributed by atoms with van der Waals surface area (Å²) >= 11 is 0. The van der Waals surface area contributed by atoms with Gasteiger partial charge in [-0.05, 0) is 6.92 Å². The highest BCUT2D eigenvalue weighted by Gasteiger charge is 2.10. The Kier molecular flexibility index (Phi) is 4.32. The number of hydrogen-bond acceptors (Lipinski definition) is 5. The lowest BCUT2D eigenvalue weighted by atomic mass is 10.2. The Hall–Kier alpha value is -3.16. The number of nitrogens with one attached hydrogen (secondary N) is 2. The summed E-state index contributed by atoms with van der Waals surface area (Å²) in [6.45, 7) is 3.01. The molecule has 0 aliphatic rings. The molecule has 0 fully saturated rings. The lowest BCUT2D eigenvalue weighted by molar-refractivity contribution is 0.251. The fraction of sp³-hybridized carbons (Fsp3) is 0.200. The summed E-state index contributed by atoms with van der Waals surface area (Å²) in [7, 11) is 0. The predicted octanol–water partition coefficient (Wildman–Crippen LogP) is 2.27. The smallest absolute Gasteiger partial charge is 0.320 e. The second-order valence-electron chi connectivity index (χ2n) is 4.78. The van der Waals surface area contributed by atoms with E-state index in [9.17, 15) is 4.79 Å². The summed E-state index contributed by atoms with van der Waals surface area (Å²) in [6, 6.07) is 10.8. The van der Waals surface area contributed by atoms with Gasteiger partial charge in [-0.2, -0.15) is 0 Å². The zero-order chi connectivity index (χ0) is 16.1. The molecular weight excluding hydrogens is 296 g/mol. The number of hydrogen-bond donors (Lipinski definition) is 2. The summed E-state index contributed by atoms with van der Waals surface area (Å²) in [5.41, 5.74) is 0.893. The number of nitrogens with zero attached hydrogens (tertiary/aromatic N) is 4. The van der Waals surface area contributed by atoms with Crippen molar-refractivity contribution in [3.63, 3.8) is 0 Å². The molecule has 1 aromatic carbocycles. The number of carbonyl (C=O) groups is 1. The van der Waals surface area contributed by atoms with Gasteiger partial charge in [-0.25, -0.2) is 4.79 Å². The molecule has 0 spiro atoms. The zero-order valence-electron chi connectivity index (χ0n) is 12.6. The van der Waals surface area contributed by atoms with Gasteiger partial charge in [-0.3, -0.25) is 5.32 Å². The van der Waals surface area contributed by atoms with Crippen LogP contribution < -0.4 is 10.6 Å². The van der Waals surface area contributed by atoms with Gasteiger partial charge in [0, 0.05) is 18.2 Å². The molecule has 0 aliphatic carbocycles. The molecule has 118 valence electrons. The van der Waals surface area contributed by atoms with E-state index in [1.807, 2.05) is 41.8 Å². The van der Waals surface area contributed by atoms with Crippen LogP contribution in [0.15, 0.2) is 47.2 Å². The minimum atomic E-state index is -0.386. The van der Waals surface area contributed by atoms with Crippen LogP contribution in [0.5, 0.6) is 0 Å². The van der Waals surface area contributed by atoms with E-state index in [4.69, 9.17) is 4.52 Å². The highest BCUT2D eigenvalue weighted by atomic mass is 16.5. The first-order valence-electron chi connectivity index (χ1n) is 7.20. The van der Waals surface area contributed by atoms with Crippen LogP contribution >= 0.6 is 0 Å². The molecule has 2 aromatic heterocycles. The quantitative estimate of drug-likeness (QED) is 0.753. The molecule has 0 saturated heterocycles. The van der Waals surface area contributed by atoms with Crippen molar-refractivity contribution < 1.29 is 9.32 Å². The molecule has 3 aromatic rings. The van der Waals surface area contributed by atoms with E-state index in [-0.39, 0.29) is 12.6 Å². The van der Waals surface area contributed by atoms with Crippen LogP contribution in [0.4, 0.5) is 10.6 Å². The summed E-state index contributed by atoms with van der Waals surface area (Å²) in [6.07, 6.45) is 1.62. The number of carbonyl (C=O) groups excluding carboxylic acids is 1. The highest BCUT2D eigenvalue weighted by molar-refractivity contribution is 5.88. The monoisotopic (exact) mass is 312 g/mol. The molecule has 0 saturated carbocycles. The molecule has 3 rings (SSSR count). The third kappa shape index (κ3) is 3.54. The van der Waals surface area contributed by atoms with E-state index >= 15 is 0 Å². The molecule has 8 heteroatoms. The number of urea groups is 1. The molecule has 23 heavy (non-hydrogen) atoms. The molecule has 2 amide bonds. The van der Waals surface area contributed by atoms with Gasteiger partial charge < -0.3 is 14.4 Å². The average Bonchev–Trinajstić information content (AvgIpc) is 3.22. The zero-order valence-corrected chi connectivity index (χ0v) is 12.6. The van der Waals surface area contributed by atoms with Crippen LogP contribution in [-0.2, 0) is 13.1 Å². The second kappa shape index (κ2) is 6.73. The molecule has 0 bridgehead atoms. The maximum Gasteiger partial charge on any atom is 0.320 e. The van der Waals surface area contributed by atoms with E-state index in [0.717, 1.165) is 12.1 Å². The largest absolute Gasteiger partial charge is 0.354 e. The van der Waals surface area contributed by atoms with Gasteiger partial charge in [-0.15, -0.1) is 10.2 Å². The van der Waals surface area contributed by atoms with Crippen molar-refractivity contribution in [2.24, 2.45) is 0 Å². The number of amides is 2. The average molecular weight is 312 g/mol. The normalized spacial score (nSPS) is 10.5. The number of aryl methyl sites for hydroxylation is 1. The minimum absolute atomic E-state index is 0.281. The third-order valence-electron chi connectivity index (χ3n) is 3.25. The first-order valence-corrected chi connectivity index (χ1v) is 7.20. The molecule has 2 N–H and O–H groups in total. The standard InChI is InChI=1S/C15H16N6O2/c1-2-21-10-17-19-14(21)9-16-15(22)18-13-8-12(23-20-13)11-6-4-3-5-7-11/h3-8,10H,2,9H2,1H3,(H2,16,18,20,22). The molecule has 0 atom stereocenters. The Morgan fingerprint density at radius 1 is 1.30 bits per heavy atom. The van der Waals surface area contributed by atoms with Gasteiger partial charge in [0.05, 0.1) is 6.54 Å². The van der Waals surface area contributed by atoms with Crippen molar-refractivity contribution >= 4 is 11.8 Å². The Bertz CT molecular complexity index is 780. The van der Waals surface area contributed by atoms with E-state index in [1.165, 1.54) is 0 Å². The van der Waals surface area contributed by atoms with Gasteiger partial charge in [0.2, 0.25) is 0 Å². The van der Waals surface area contributed by atoms with Crippen molar-refractivity contribution in [1.29, 1.82) is 0 Å². The fourth-order valence-corrected chi connectivity index (χ4v) is 2.07. The van der Waals surface area contributed by atoms with E-state index in [1.54, 1.807) is 12.4 Å². The second-order valence-corrected chi connectivity index (χ2v) is 4.78. The molecule has 2 heterocycles. The maximum absolute atomic E-state index is 11.9. The SMILES string of the molecule is CCn1cnnc1CNC(=O)Nc1cc(-c2ccccc2)on1. The van der Waals surface area contributed by atoms with E-state index in [0.29, 0.717) is 17.4 Å². The highest BCUT2D eigenvalue weighted by Crippen LogP contribution is 2.21. The Balaban J connectivity index is 1.57. The topological polar surface area (TPSA) is 97.9 Å². The van der Waals surface area contributed by atoms with Crippen LogP contribution in [0.2, 0.25) is 0 Å². The van der Waals surface area contributed by atoms with Crippen LogP contribution in [0.3, 0.4) is 0 Å². The number of anilines is 1. The van der Waals surface area contributed by atoms with Gasteiger partial charge in [0.25, 0.3) is 0 Å². The van der Waals surface area contributed by atoms with Crippen LogP contribution in [0, 0.1) is 0 Å². The first kappa shape index (κ1) is 14.8. The minimum Gasteiger partial charge on any atom is -0.354 e. The molecule has 0 radical (unpaired) electrons. The van der Waals surface area contributed by atoms with E-state index in [2.05, 4.69) is 26.0 Å². The third-order valence-corrected chi connectivity index (χ3v) is 3.25. The van der Waals surface area contributed by atoms with Gasteiger partial charge in [0.15, 0.2) is 17.4 Å². The Morgan fingerprint density at radius 2 is 2.13 bits per heavy atom. The fourth-order valence-electron chi connectivity index (χ4n) is 2.07. The summed E-state index contributed by atoms with van der Waals surface area (Å²) in [5, 5.41) is 16.9. The Labute approximate surface area is 132 Å². The Morgan fingerprint density at radius 3 is 2.91 bits per heavy atom. The summed E-state index contributed by atoms with van der Waals surface area (Å²) < 4.78 is 7.07. The van der Waals surface area contributed by atoms with Gasteiger partial charge in [0.1, 0.15) is 6.33 Å². The lowest BCUT2D eigenvalue weighted by Crippen LogP contribution is -2.29. The lowest BCUT2D eigenvalue weighted by Gasteiger charge is -2.05. The van der Waals surface area contributed by atoms with Crippen molar-refractivity contribution in [2.45, 2.75) is 20.0 Å². The van der Waals surface area contributed by atoms with Crippen molar-refractivity contribution in [3.8, 4) is 11.3 Å². The first-order chi connectivity index (χ1) is 11.3. The number of benzene rings is 1. The molecule has 0 unspecified atom stereocenters. The van der Waals surface area contributed by atoms with Crippen molar-refractivity contribution in [2.75, 3.05) is 5.32 Å².